The minimum absolute atomic E-state index is 0.248. The molecule has 3 nitrogen and oxygen atoms in total. The van der Waals surface area contributed by atoms with E-state index >= 15 is 0 Å². The molecular formula is C13H19NO2Si. The number of benzene rings is 1. The minimum atomic E-state index is -1.84. The lowest BCUT2D eigenvalue weighted by atomic mass is 9.97. The smallest absolute Gasteiger partial charge is 0.193 e. The molecule has 0 saturated heterocycles. The Hall–Kier alpha value is -1.15. The molecule has 0 radical (unpaired) electrons. The standard InChI is InChI=1S/C13H19NO2Si/c1-15-11-13(10-14,16-17(2,3)4)12-8-6-5-7-9-12/h5-9H,11H2,1-4H3/t13-/m1/s1. The average molecular weight is 249 g/mol. The molecule has 0 amide bonds. The number of hydrogen-bond acceptors (Lipinski definition) is 3. The molecule has 0 unspecified atom stereocenters. The highest BCUT2D eigenvalue weighted by Crippen LogP contribution is 2.29. The van der Waals surface area contributed by atoms with E-state index in [2.05, 4.69) is 25.7 Å². The summed E-state index contributed by atoms with van der Waals surface area (Å²) in [4.78, 5) is 0. The zero-order valence-corrected chi connectivity index (χ0v) is 11.9. The molecule has 0 N–H and O–H groups in total. The highest BCUT2D eigenvalue weighted by Gasteiger charge is 2.38. The third-order valence-electron chi connectivity index (χ3n) is 2.25. The van der Waals surface area contributed by atoms with E-state index in [1.807, 2.05) is 30.3 Å². The highest BCUT2D eigenvalue weighted by atomic mass is 28.4. The van der Waals surface area contributed by atoms with E-state index in [0.717, 1.165) is 5.56 Å². The molecule has 0 fully saturated rings. The maximum absolute atomic E-state index is 9.49. The lowest BCUT2D eigenvalue weighted by Gasteiger charge is -2.33. The van der Waals surface area contributed by atoms with Gasteiger partial charge in [0.2, 0.25) is 0 Å². The van der Waals surface area contributed by atoms with Gasteiger partial charge in [0.05, 0.1) is 6.61 Å². The first-order valence-electron chi connectivity index (χ1n) is 5.59. The Morgan fingerprint density at radius 1 is 1.24 bits per heavy atom. The lowest BCUT2D eigenvalue weighted by Crippen LogP contribution is -2.42. The summed E-state index contributed by atoms with van der Waals surface area (Å²) in [5.74, 6) is 0. The van der Waals surface area contributed by atoms with Crippen LogP contribution in [0.2, 0.25) is 19.6 Å². The van der Waals surface area contributed by atoms with Crippen LogP contribution in [0.4, 0.5) is 0 Å². The maximum atomic E-state index is 9.49. The van der Waals surface area contributed by atoms with E-state index in [1.165, 1.54) is 0 Å². The van der Waals surface area contributed by atoms with E-state index in [4.69, 9.17) is 9.16 Å². The Morgan fingerprint density at radius 3 is 2.24 bits per heavy atom. The molecule has 0 aliphatic carbocycles. The van der Waals surface area contributed by atoms with Crippen LogP contribution in [0.5, 0.6) is 0 Å². The fourth-order valence-corrected chi connectivity index (χ4v) is 2.99. The molecule has 0 bridgehead atoms. The van der Waals surface area contributed by atoms with E-state index in [-0.39, 0.29) is 6.61 Å². The molecule has 92 valence electrons. The quantitative estimate of drug-likeness (QED) is 0.754. The van der Waals surface area contributed by atoms with Gasteiger partial charge >= 0.3 is 0 Å². The predicted molar refractivity (Wildman–Crippen MR) is 70.0 cm³/mol. The fourth-order valence-electron chi connectivity index (χ4n) is 1.72. The van der Waals surface area contributed by atoms with Crippen molar-refractivity contribution >= 4 is 8.32 Å². The van der Waals surface area contributed by atoms with Crippen LogP contribution < -0.4 is 0 Å². The summed E-state index contributed by atoms with van der Waals surface area (Å²) in [7, 11) is -0.250. The number of nitrogens with zero attached hydrogens (tertiary/aromatic N) is 1. The lowest BCUT2D eigenvalue weighted by molar-refractivity contribution is 0.0231. The van der Waals surface area contributed by atoms with Gasteiger partial charge in [-0.3, -0.25) is 0 Å². The molecule has 0 saturated carbocycles. The normalized spacial score (nSPS) is 15.0. The van der Waals surface area contributed by atoms with Gasteiger partial charge in [-0.2, -0.15) is 5.26 Å². The topological polar surface area (TPSA) is 42.2 Å². The van der Waals surface area contributed by atoms with Gasteiger partial charge in [-0.15, -0.1) is 0 Å². The Labute approximate surface area is 104 Å². The van der Waals surface area contributed by atoms with Crippen LogP contribution in [-0.4, -0.2) is 22.0 Å². The fraction of sp³-hybridized carbons (Fsp3) is 0.462. The summed E-state index contributed by atoms with van der Waals surface area (Å²) in [6, 6.07) is 11.8. The highest BCUT2D eigenvalue weighted by molar-refractivity contribution is 6.69. The number of hydrogen-bond donors (Lipinski definition) is 0. The maximum Gasteiger partial charge on any atom is 0.193 e. The molecule has 17 heavy (non-hydrogen) atoms. The first-order chi connectivity index (χ1) is 7.93. The van der Waals surface area contributed by atoms with Gasteiger partial charge in [0.1, 0.15) is 6.07 Å². The van der Waals surface area contributed by atoms with E-state index in [1.54, 1.807) is 7.11 Å². The first kappa shape index (κ1) is 13.9. The summed E-state index contributed by atoms with van der Waals surface area (Å²) >= 11 is 0. The molecular weight excluding hydrogens is 230 g/mol. The second-order valence-electron chi connectivity index (χ2n) is 4.95. The Kier molecular flexibility index (Phi) is 4.46. The molecule has 0 heterocycles. The molecule has 0 aliphatic rings. The van der Waals surface area contributed by atoms with Crippen molar-refractivity contribution in [3.63, 3.8) is 0 Å². The van der Waals surface area contributed by atoms with Crippen molar-refractivity contribution in [1.82, 2.24) is 0 Å². The second-order valence-corrected chi connectivity index (χ2v) is 9.38. The predicted octanol–water partition coefficient (Wildman–Crippen LogP) is 2.90. The molecule has 1 aromatic carbocycles. The van der Waals surface area contributed by atoms with Crippen molar-refractivity contribution in [1.29, 1.82) is 5.26 Å². The van der Waals surface area contributed by atoms with Crippen molar-refractivity contribution in [2.24, 2.45) is 0 Å². The molecule has 0 aromatic heterocycles. The Morgan fingerprint density at radius 2 is 1.82 bits per heavy atom. The largest absolute Gasteiger partial charge is 0.395 e. The van der Waals surface area contributed by atoms with Gasteiger partial charge in [-0.25, -0.2) is 0 Å². The summed E-state index contributed by atoms with van der Waals surface area (Å²) in [5.41, 5.74) is -0.132. The zero-order chi connectivity index (χ0) is 12.9. The van der Waals surface area contributed by atoms with Gasteiger partial charge in [0.25, 0.3) is 0 Å². The van der Waals surface area contributed by atoms with Crippen molar-refractivity contribution in [3.05, 3.63) is 35.9 Å². The Balaban J connectivity index is 3.15. The first-order valence-corrected chi connectivity index (χ1v) is 9.00. The Bertz CT molecular complexity index is 394. The molecule has 0 spiro atoms. The van der Waals surface area contributed by atoms with Gasteiger partial charge in [-0.05, 0) is 25.2 Å². The van der Waals surface area contributed by atoms with Crippen LogP contribution >= 0.6 is 0 Å². The zero-order valence-electron chi connectivity index (χ0n) is 10.9. The van der Waals surface area contributed by atoms with Crippen LogP contribution in [0.1, 0.15) is 5.56 Å². The van der Waals surface area contributed by atoms with Crippen LogP contribution in [0.15, 0.2) is 30.3 Å². The third-order valence-corrected chi connectivity index (χ3v) is 3.21. The number of methoxy groups -OCH3 is 1. The number of nitriles is 1. The van der Waals surface area contributed by atoms with Gasteiger partial charge < -0.3 is 9.16 Å². The van der Waals surface area contributed by atoms with Gasteiger partial charge in [-0.1, -0.05) is 30.3 Å². The average Bonchev–Trinajstić information content (AvgIpc) is 2.28. The molecule has 1 rings (SSSR count). The summed E-state index contributed by atoms with van der Waals surface area (Å²) in [6.45, 7) is 6.45. The van der Waals surface area contributed by atoms with Crippen LogP contribution in [-0.2, 0) is 14.8 Å². The summed E-state index contributed by atoms with van der Waals surface area (Å²) in [5, 5.41) is 9.49. The van der Waals surface area contributed by atoms with Gasteiger partial charge in [0, 0.05) is 7.11 Å². The third kappa shape index (κ3) is 3.67. The number of rotatable bonds is 5. The van der Waals surface area contributed by atoms with E-state index in [0.29, 0.717) is 0 Å². The molecule has 1 atom stereocenters. The molecule has 0 aliphatic heterocycles. The van der Waals surface area contributed by atoms with E-state index in [9.17, 15) is 5.26 Å². The van der Waals surface area contributed by atoms with Crippen molar-refractivity contribution < 1.29 is 9.16 Å². The molecule has 1 aromatic rings. The molecule has 4 heteroatoms. The van der Waals surface area contributed by atoms with Crippen LogP contribution in [0.25, 0.3) is 0 Å². The van der Waals surface area contributed by atoms with Crippen LogP contribution in [0.3, 0.4) is 0 Å². The number of ether oxygens (including phenoxy) is 1. The second kappa shape index (κ2) is 5.45. The summed E-state index contributed by atoms with van der Waals surface area (Å²) < 4.78 is 11.2. The minimum Gasteiger partial charge on any atom is -0.395 e. The van der Waals surface area contributed by atoms with Gasteiger partial charge in [0.15, 0.2) is 13.9 Å². The van der Waals surface area contributed by atoms with Crippen molar-refractivity contribution in [2.75, 3.05) is 13.7 Å². The SMILES string of the molecule is COC[C@@](C#N)(O[Si](C)(C)C)c1ccccc1. The van der Waals surface area contributed by atoms with E-state index < -0.39 is 13.9 Å². The van der Waals surface area contributed by atoms with Crippen LogP contribution in [0, 0.1) is 11.3 Å². The summed E-state index contributed by atoms with van der Waals surface area (Å²) in [6.07, 6.45) is 0. The van der Waals surface area contributed by atoms with Crippen molar-refractivity contribution in [3.8, 4) is 6.07 Å². The monoisotopic (exact) mass is 249 g/mol. The van der Waals surface area contributed by atoms with Crippen molar-refractivity contribution in [2.45, 2.75) is 25.2 Å².